The third kappa shape index (κ3) is 2.68. The van der Waals surface area contributed by atoms with Crippen molar-refractivity contribution >= 4 is 0 Å². The molecule has 0 spiro atoms. The maximum atomic E-state index is 8.50. The van der Waals surface area contributed by atoms with E-state index in [1.54, 1.807) is 38.3 Å². The van der Waals surface area contributed by atoms with Crippen molar-refractivity contribution in [2.45, 2.75) is 13.0 Å². The Bertz CT molecular complexity index is 300. The topological polar surface area (TPSA) is 42.2 Å². The van der Waals surface area contributed by atoms with E-state index in [1.165, 1.54) is 0 Å². The van der Waals surface area contributed by atoms with Gasteiger partial charge in [0.15, 0.2) is 6.10 Å². The highest BCUT2D eigenvalue weighted by molar-refractivity contribution is 5.31. The molecule has 68 valence electrons. The van der Waals surface area contributed by atoms with Crippen molar-refractivity contribution in [1.82, 2.24) is 0 Å². The minimum atomic E-state index is -0.423. The molecule has 3 heteroatoms. The van der Waals surface area contributed by atoms with Crippen molar-refractivity contribution in [3.8, 4) is 17.6 Å². The minimum Gasteiger partial charge on any atom is -0.497 e. The molecule has 0 heterocycles. The van der Waals surface area contributed by atoms with E-state index >= 15 is 0 Å². The van der Waals surface area contributed by atoms with E-state index in [4.69, 9.17) is 14.7 Å². The lowest BCUT2D eigenvalue weighted by Gasteiger charge is -2.07. The highest BCUT2D eigenvalue weighted by Gasteiger charge is 2.00. The fourth-order valence-corrected chi connectivity index (χ4v) is 0.885. The lowest BCUT2D eigenvalue weighted by atomic mass is 10.3. The van der Waals surface area contributed by atoms with Crippen LogP contribution in [0.4, 0.5) is 0 Å². The molecule has 0 amide bonds. The van der Waals surface area contributed by atoms with Crippen LogP contribution < -0.4 is 9.47 Å². The summed E-state index contributed by atoms with van der Waals surface area (Å²) in [6.45, 7) is 1.70. The molecule has 13 heavy (non-hydrogen) atoms. The maximum absolute atomic E-state index is 8.50. The Hall–Kier alpha value is -1.69. The number of nitriles is 1. The monoisotopic (exact) mass is 177 g/mol. The molecule has 1 aromatic carbocycles. The second-order valence-corrected chi connectivity index (χ2v) is 2.56. The fraction of sp³-hybridized carbons (Fsp3) is 0.300. The van der Waals surface area contributed by atoms with Gasteiger partial charge in [-0.2, -0.15) is 5.26 Å². The normalized spacial score (nSPS) is 11.5. The SMILES string of the molecule is COc1ccc(OC(C)C#N)cc1. The maximum Gasteiger partial charge on any atom is 0.181 e. The van der Waals surface area contributed by atoms with E-state index in [9.17, 15) is 0 Å². The van der Waals surface area contributed by atoms with Crippen LogP contribution in [0.3, 0.4) is 0 Å². The summed E-state index contributed by atoms with van der Waals surface area (Å²) in [4.78, 5) is 0. The van der Waals surface area contributed by atoms with E-state index in [-0.39, 0.29) is 0 Å². The summed E-state index contributed by atoms with van der Waals surface area (Å²) in [7, 11) is 1.60. The molecule has 0 bridgehead atoms. The molecule has 1 aromatic rings. The van der Waals surface area contributed by atoms with Crippen molar-refractivity contribution in [1.29, 1.82) is 5.26 Å². The molecule has 0 radical (unpaired) electrons. The molecule has 0 fully saturated rings. The standard InChI is InChI=1S/C10H11NO2/c1-8(7-11)13-10-5-3-9(12-2)4-6-10/h3-6,8H,1-2H3. The second kappa shape index (κ2) is 4.36. The van der Waals surface area contributed by atoms with E-state index in [0.29, 0.717) is 5.75 Å². The zero-order valence-electron chi connectivity index (χ0n) is 7.65. The number of ether oxygens (including phenoxy) is 2. The molecular formula is C10H11NO2. The van der Waals surface area contributed by atoms with Gasteiger partial charge >= 0.3 is 0 Å². The average molecular weight is 177 g/mol. The van der Waals surface area contributed by atoms with Crippen LogP contribution in [0.2, 0.25) is 0 Å². The molecule has 1 unspecified atom stereocenters. The van der Waals surface area contributed by atoms with Gasteiger partial charge in [0.2, 0.25) is 0 Å². The molecule has 0 saturated carbocycles. The van der Waals surface area contributed by atoms with Gasteiger partial charge in [-0.1, -0.05) is 0 Å². The lowest BCUT2D eigenvalue weighted by molar-refractivity contribution is 0.276. The van der Waals surface area contributed by atoms with Gasteiger partial charge in [0.25, 0.3) is 0 Å². The second-order valence-electron chi connectivity index (χ2n) is 2.56. The van der Waals surface area contributed by atoms with Crippen molar-refractivity contribution in [2.24, 2.45) is 0 Å². The predicted molar refractivity (Wildman–Crippen MR) is 48.7 cm³/mol. The number of rotatable bonds is 3. The number of nitrogens with zero attached hydrogens (tertiary/aromatic N) is 1. The van der Waals surface area contributed by atoms with Crippen molar-refractivity contribution < 1.29 is 9.47 Å². The zero-order valence-corrected chi connectivity index (χ0v) is 7.65. The van der Waals surface area contributed by atoms with Crippen molar-refractivity contribution in [3.05, 3.63) is 24.3 Å². The predicted octanol–water partition coefficient (Wildman–Crippen LogP) is 1.99. The van der Waals surface area contributed by atoms with Gasteiger partial charge in [-0.3, -0.25) is 0 Å². The number of hydrogen-bond acceptors (Lipinski definition) is 3. The molecule has 1 rings (SSSR count). The van der Waals surface area contributed by atoms with Gasteiger partial charge in [0.05, 0.1) is 7.11 Å². The molecule has 0 aliphatic carbocycles. The molecular weight excluding hydrogens is 166 g/mol. The van der Waals surface area contributed by atoms with Gasteiger partial charge in [0, 0.05) is 0 Å². The van der Waals surface area contributed by atoms with Crippen LogP contribution in [-0.4, -0.2) is 13.2 Å². The Morgan fingerprint density at radius 2 is 1.77 bits per heavy atom. The summed E-state index contributed by atoms with van der Waals surface area (Å²) in [5.41, 5.74) is 0. The highest BCUT2D eigenvalue weighted by atomic mass is 16.5. The third-order valence-corrected chi connectivity index (χ3v) is 1.55. The number of methoxy groups -OCH3 is 1. The quantitative estimate of drug-likeness (QED) is 0.709. The van der Waals surface area contributed by atoms with Crippen molar-refractivity contribution in [3.63, 3.8) is 0 Å². The fourth-order valence-electron chi connectivity index (χ4n) is 0.885. The van der Waals surface area contributed by atoms with E-state index in [1.807, 2.05) is 6.07 Å². The summed E-state index contributed by atoms with van der Waals surface area (Å²) in [6, 6.07) is 9.11. The number of hydrogen-bond donors (Lipinski definition) is 0. The molecule has 3 nitrogen and oxygen atoms in total. The summed E-state index contributed by atoms with van der Waals surface area (Å²) in [5, 5.41) is 8.50. The third-order valence-electron chi connectivity index (χ3n) is 1.55. The molecule has 1 atom stereocenters. The Labute approximate surface area is 77.5 Å². The van der Waals surface area contributed by atoms with Gasteiger partial charge in [-0.25, -0.2) is 0 Å². The summed E-state index contributed by atoms with van der Waals surface area (Å²) < 4.78 is 10.2. The zero-order chi connectivity index (χ0) is 9.68. The van der Waals surface area contributed by atoms with E-state index in [2.05, 4.69) is 0 Å². The first-order chi connectivity index (χ1) is 6.26. The molecule has 0 saturated heterocycles. The van der Waals surface area contributed by atoms with E-state index < -0.39 is 6.10 Å². The Morgan fingerprint density at radius 1 is 1.23 bits per heavy atom. The van der Waals surface area contributed by atoms with Crippen LogP contribution in [0.25, 0.3) is 0 Å². The molecule has 0 N–H and O–H groups in total. The first-order valence-corrected chi connectivity index (χ1v) is 3.96. The Balaban J connectivity index is 2.65. The van der Waals surface area contributed by atoms with Gasteiger partial charge in [-0.15, -0.1) is 0 Å². The van der Waals surface area contributed by atoms with Gasteiger partial charge in [0.1, 0.15) is 17.6 Å². The average Bonchev–Trinajstić information content (AvgIpc) is 2.19. The van der Waals surface area contributed by atoms with Crippen LogP contribution in [0, 0.1) is 11.3 Å². The van der Waals surface area contributed by atoms with Gasteiger partial charge < -0.3 is 9.47 Å². The van der Waals surface area contributed by atoms with Crippen LogP contribution in [0.15, 0.2) is 24.3 Å². The highest BCUT2D eigenvalue weighted by Crippen LogP contribution is 2.17. The van der Waals surface area contributed by atoms with E-state index in [0.717, 1.165) is 5.75 Å². The first-order valence-electron chi connectivity index (χ1n) is 3.96. The van der Waals surface area contributed by atoms with Crippen LogP contribution in [-0.2, 0) is 0 Å². The lowest BCUT2D eigenvalue weighted by Crippen LogP contribution is -2.07. The summed E-state index contributed by atoms with van der Waals surface area (Å²) in [6.07, 6.45) is -0.423. The largest absolute Gasteiger partial charge is 0.497 e. The number of benzene rings is 1. The molecule has 0 aromatic heterocycles. The van der Waals surface area contributed by atoms with Crippen LogP contribution >= 0.6 is 0 Å². The van der Waals surface area contributed by atoms with Crippen LogP contribution in [0.5, 0.6) is 11.5 Å². The summed E-state index contributed by atoms with van der Waals surface area (Å²) >= 11 is 0. The van der Waals surface area contributed by atoms with Crippen molar-refractivity contribution in [2.75, 3.05) is 7.11 Å². The summed E-state index contributed by atoms with van der Waals surface area (Å²) in [5.74, 6) is 1.45. The Kier molecular flexibility index (Phi) is 3.15. The molecule has 0 aliphatic heterocycles. The molecule has 0 aliphatic rings. The van der Waals surface area contributed by atoms with Crippen LogP contribution in [0.1, 0.15) is 6.92 Å². The Morgan fingerprint density at radius 3 is 2.23 bits per heavy atom. The smallest absolute Gasteiger partial charge is 0.181 e. The van der Waals surface area contributed by atoms with Gasteiger partial charge in [-0.05, 0) is 31.2 Å². The minimum absolute atomic E-state index is 0.423. The first kappa shape index (κ1) is 9.40.